The summed E-state index contributed by atoms with van der Waals surface area (Å²) >= 11 is 7.44. The van der Waals surface area contributed by atoms with E-state index in [0.717, 1.165) is 17.0 Å². The summed E-state index contributed by atoms with van der Waals surface area (Å²) in [6.45, 7) is 7.73. The molecular weight excluding hydrogens is 420 g/mol. The lowest BCUT2D eigenvalue weighted by molar-refractivity contribution is -0.121. The molecule has 8 heteroatoms. The van der Waals surface area contributed by atoms with Gasteiger partial charge in [0.15, 0.2) is 11.0 Å². The molecule has 1 unspecified atom stereocenters. The maximum absolute atomic E-state index is 12.6. The van der Waals surface area contributed by atoms with Crippen molar-refractivity contribution in [3.05, 3.63) is 53.6 Å². The van der Waals surface area contributed by atoms with Gasteiger partial charge >= 0.3 is 0 Å². The van der Waals surface area contributed by atoms with Gasteiger partial charge in [-0.15, -0.1) is 10.2 Å². The van der Waals surface area contributed by atoms with Crippen LogP contribution in [0.5, 0.6) is 5.75 Å². The molecule has 0 saturated heterocycles. The molecular formula is C22H25ClN4O2S. The Morgan fingerprint density at radius 2 is 1.87 bits per heavy atom. The summed E-state index contributed by atoms with van der Waals surface area (Å²) in [5.41, 5.74) is 1.41. The van der Waals surface area contributed by atoms with E-state index in [9.17, 15) is 4.79 Å². The molecule has 1 amide bonds. The Morgan fingerprint density at radius 3 is 2.50 bits per heavy atom. The first-order valence-corrected chi connectivity index (χ1v) is 10.8. The van der Waals surface area contributed by atoms with E-state index in [1.807, 2.05) is 80.8 Å². The number of hydrogen-bond donors (Lipinski definition) is 1. The quantitative estimate of drug-likeness (QED) is 0.542. The fourth-order valence-corrected chi connectivity index (χ4v) is 3.79. The molecule has 1 heterocycles. The van der Waals surface area contributed by atoms with E-state index >= 15 is 0 Å². The van der Waals surface area contributed by atoms with Crippen molar-refractivity contribution in [2.75, 3.05) is 7.11 Å². The number of thioether (sulfide) groups is 1. The average Bonchev–Trinajstić information content (AvgIpc) is 3.10. The molecule has 0 bridgehead atoms. The van der Waals surface area contributed by atoms with Gasteiger partial charge in [-0.2, -0.15) is 0 Å². The van der Waals surface area contributed by atoms with E-state index in [2.05, 4.69) is 15.5 Å². The number of halogens is 1. The maximum atomic E-state index is 12.6. The maximum Gasteiger partial charge on any atom is 0.233 e. The fourth-order valence-electron chi connectivity index (χ4n) is 2.80. The van der Waals surface area contributed by atoms with Crippen molar-refractivity contribution in [1.29, 1.82) is 0 Å². The van der Waals surface area contributed by atoms with Crippen LogP contribution in [0.2, 0.25) is 5.02 Å². The van der Waals surface area contributed by atoms with Crippen LogP contribution in [0.3, 0.4) is 0 Å². The predicted molar refractivity (Wildman–Crippen MR) is 122 cm³/mol. The summed E-state index contributed by atoms with van der Waals surface area (Å²) in [6, 6.07) is 15.1. The van der Waals surface area contributed by atoms with Gasteiger partial charge in [-0.3, -0.25) is 9.36 Å². The molecule has 30 heavy (non-hydrogen) atoms. The van der Waals surface area contributed by atoms with E-state index < -0.39 is 0 Å². The zero-order valence-corrected chi connectivity index (χ0v) is 19.2. The highest BCUT2D eigenvalue weighted by atomic mass is 35.5. The molecule has 0 aliphatic rings. The first-order valence-electron chi connectivity index (χ1n) is 9.52. The van der Waals surface area contributed by atoms with Crippen molar-refractivity contribution in [2.45, 2.75) is 43.6 Å². The first kappa shape index (κ1) is 22.2. The van der Waals surface area contributed by atoms with E-state index in [1.54, 1.807) is 7.11 Å². The first-order chi connectivity index (χ1) is 14.2. The van der Waals surface area contributed by atoms with Gasteiger partial charge in [-0.25, -0.2) is 0 Å². The predicted octanol–water partition coefficient (Wildman–Crippen LogP) is 4.99. The molecule has 0 radical (unpaired) electrons. The minimum absolute atomic E-state index is 0.0545. The molecule has 0 spiro atoms. The smallest absolute Gasteiger partial charge is 0.233 e. The minimum atomic E-state index is -0.349. The van der Waals surface area contributed by atoms with Crippen LogP contribution in [0.15, 0.2) is 53.7 Å². The summed E-state index contributed by atoms with van der Waals surface area (Å²) < 4.78 is 7.28. The van der Waals surface area contributed by atoms with Gasteiger partial charge in [0.1, 0.15) is 5.75 Å². The van der Waals surface area contributed by atoms with Gasteiger partial charge < -0.3 is 10.1 Å². The Bertz CT molecular complexity index is 1030. The third-order valence-electron chi connectivity index (χ3n) is 4.20. The third-order valence-corrected chi connectivity index (χ3v) is 5.49. The second-order valence-corrected chi connectivity index (χ2v) is 9.59. The molecule has 3 aromatic rings. The summed E-state index contributed by atoms with van der Waals surface area (Å²) in [5, 5.41) is 12.7. The molecule has 158 valence electrons. The summed E-state index contributed by atoms with van der Waals surface area (Å²) in [7, 11) is 1.62. The zero-order valence-electron chi connectivity index (χ0n) is 17.6. The van der Waals surface area contributed by atoms with Crippen molar-refractivity contribution in [2.24, 2.45) is 0 Å². The summed E-state index contributed by atoms with van der Waals surface area (Å²) in [4.78, 5) is 12.6. The lowest BCUT2D eigenvalue weighted by Gasteiger charge is -2.23. The summed E-state index contributed by atoms with van der Waals surface area (Å²) in [5.74, 6) is 1.33. The molecule has 0 fully saturated rings. The Kier molecular flexibility index (Phi) is 6.73. The highest BCUT2D eigenvalue weighted by molar-refractivity contribution is 8.00. The monoisotopic (exact) mass is 444 g/mol. The molecule has 1 aromatic heterocycles. The fraction of sp³-hybridized carbons (Fsp3) is 0.318. The van der Waals surface area contributed by atoms with Gasteiger partial charge in [0, 0.05) is 21.8 Å². The molecule has 1 N–H and O–H groups in total. The van der Waals surface area contributed by atoms with Crippen molar-refractivity contribution in [1.82, 2.24) is 20.1 Å². The second-order valence-electron chi connectivity index (χ2n) is 7.85. The van der Waals surface area contributed by atoms with E-state index in [-0.39, 0.29) is 16.7 Å². The van der Waals surface area contributed by atoms with Crippen LogP contribution in [0.25, 0.3) is 17.1 Å². The number of aromatic nitrogens is 3. The van der Waals surface area contributed by atoms with Gasteiger partial charge in [0.25, 0.3) is 0 Å². The van der Waals surface area contributed by atoms with Gasteiger partial charge in [0.05, 0.1) is 12.4 Å². The third kappa shape index (κ3) is 5.34. The molecule has 0 aliphatic heterocycles. The number of rotatable bonds is 6. The van der Waals surface area contributed by atoms with Crippen LogP contribution in [0.4, 0.5) is 0 Å². The van der Waals surface area contributed by atoms with Crippen molar-refractivity contribution in [3.63, 3.8) is 0 Å². The molecule has 0 aliphatic carbocycles. The van der Waals surface area contributed by atoms with Crippen LogP contribution >= 0.6 is 23.4 Å². The molecule has 2 aromatic carbocycles. The zero-order chi connectivity index (χ0) is 21.9. The van der Waals surface area contributed by atoms with Gasteiger partial charge in [0.2, 0.25) is 5.91 Å². The van der Waals surface area contributed by atoms with E-state index in [0.29, 0.717) is 16.0 Å². The SMILES string of the molecule is COc1cccc(-c2nnc(SC(C)C(=O)NC(C)(C)C)n2-c2ccc(Cl)cc2)c1. The number of ether oxygens (including phenoxy) is 1. The summed E-state index contributed by atoms with van der Waals surface area (Å²) in [6.07, 6.45) is 0. The number of methoxy groups -OCH3 is 1. The number of carbonyl (C=O) groups is 1. The number of benzene rings is 2. The minimum Gasteiger partial charge on any atom is -0.497 e. The lowest BCUT2D eigenvalue weighted by atomic mass is 10.1. The topological polar surface area (TPSA) is 69.0 Å². The number of amides is 1. The number of nitrogens with one attached hydrogen (secondary N) is 1. The molecule has 1 atom stereocenters. The van der Waals surface area contributed by atoms with Crippen LogP contribution in [0, 0.1) is 0 Å². The normalized spacial score (nSPS) is 12.5. The second kappa shape index (κ2) is 9.10. The number of carbonyl (C=O) groups excluding carboxylic acids is 1. The van der Waals surface area contributed by atoms with E-state index in [4.69, 9.17) is 16.3 Å². The van der Waals surface area contributed by atoms with Crippen LogP contribution in [-0.2, 0) is 4.79 Å². The Hall–Kier alpha value is -2.51. The largest absolute Gasteiger partial charge is 0.497 e. The number of hydrogen-bond acceptors (Lipinski definition) is 5. The van der Waals surface area contributed by atoms with Gasteiger partial charge in [-0.05, 0) is 64.1 Å². The highest BCUT2D eigenvalue weighted by Gasteiger charge is 2.24. The van der Waals surface area contributed by atoms with Crippen molar-refractivity contribution < 1.29 is 9.53 Å². The van der Waals surface area contributed by atoms with Crippen molar-refractivity contribution >= 4 is 29.3 Å². The Labute approximate surface area is 186 Å². The lowest BCUT2D eigenvalue weighted by Crippen LogP contribution is -2.44. The molecule has 3 rings (SSSR count). The average molecular weight is 445 g/mol. The van der Waals surface area contributed by atoms with Crippen molar-refractivity contribution in [3.8, 4) is 22.8 Å². The standard InChI is InChI=1S/C22H25ClN4O2S/c1-14(20(28)24-22(2,3)4)30-21-26-25-19(15-7-6-8-18(13-15)29-5)27(21)17-11-9-16(23)10-12-17/h6-14H,1-5H3,(H,24,28). The van der Waals surface area contributed by atoms with Crippen LogP contribution in [-0.4, -0.2) is 38.6 Å². The van der Waals surface area contributed by atoms with Crippen LogP contribution in [0.1, 0.15) is 27.7 Å². The van der Waals surface area contributed by atoms with Gasteiger partial charge in [-0.1, -0.05) is 35.5 Å². The molecule has 0 saturated carbocycles. The molecule has 6 nitrogen and oxygen atoms in total. The number of nitrogens with zero attached hydrogens (tertiary/aromatic N) is 3. The Balaban J connectivity index is 2.02. The van der Waals surface area contributed by atoms with Crippen LogP contribution < -0.4 is 10.1 Å². The Morgan fingerprint density at radius 1 is 1.17 bits per heavy atom. The highest BCUT2D eigenvalue weighted by Crippen LogP contribution is 2.32. The van der Waals surface area contributed by atoms with E-state index in [1.165, 1.54) is 11.8 Å².